The number of carbonyl (C=O) groups excluding carboxylic acids is 1. The number of carbonyl (C=O) groups is 1. The van der Waals surface area contributed by atoms with Gasteiger partial charge in [0.2, 0.25) is 0 Å². The maximum Gasteiger partial charge on any atom is 0.419 e. The van der Waals surface area contributed by atoms with Crippen molar-refractivity contribution in [1.29, 1.82) is 0 Å². The molecule has 3 aromatic rings. The standard InChI is InChI=1S/C16H12FNO3/c1-18-13-6-5-11(9-15(13)21-16(18)20)14(19)8-10-3-2-4-12(17)7-10/h2-7,9H,8H2,1H3. The number of hydrogen-bond acceptors (Lipinski definition) is 3. The number of Topliss-reactive ketones (excluding diaryl/α,β-unsaturated/α-hetero) is 1. The molecule has 0 aliphatic rings. The van der Waals surface area contributed by atoms with Crippen molar-refractivity contribution in [2.75, 3.05) is 0 Å². The fraction of sp³-hybridized carbons (Fsp3) is 0.125. The summed E-state index contributed by atoms with van der Waals surface area (Å²) in [6.45, 7) is 0. The quantitative estimate of drug-likeness (QED) is 0.695. The monoisotopic (exact) mass is 285 g/mol. The van der Waals surface area contributed by atoms with Crippen molar-refractivity contribution >= 4 is 16.9 Å². The number of aryl methyl sites for hydroxylation is 1. The van der Waals surface area contributed by atoms with Gasteiger partial charge in [-0.05, 0) is 35.9 Å². The fourth-order valence-corrected chi connectivity index (χ4v) is 2.24. The van der Waals surface area contributed by atoms with Crippen molar-refractivity contribution in [1.82, 2.24) is 4.57 Å². The highest BCUT2D eigenvalue weighted by Gasteiger charge is 2.12. The normalized spacial score (nSPS) is 11.0. The zero-order chi connectivity index (χ0) is 15.0. The maximum absolute atomic E-state index is 13.1. The third-order valence-electron chi connectivity index (χ3n) is 3.37. The molecule has 0 aliphatic heterocycles. The van der Waals surface area contributed by atoms with E-state index in [1.54, 1.807) is 37.4 Å². The molecule has 0 radical (unpaired) electrons. The summed E-state index contributed by atoms with van der Waals surface area (Å²) < 4.78 is 19.5. The fourth-order valence-electron chi connectivity index (χ4n) is 2.24. The van der Waals surface area contributed by atoms with E-state index in [0.717, 1.165) is 0 Å². The first kappa shape index (κ1) is 13.3. The lowest BCUT2D eigenvalue weighted by molar-refractivity contribution is 0.0993. The van der Waals surface area contributed by atoms with Crippen LogP contribution in [0.3, 0.4) is 0 Å². The minimum Gasteiger partial charge on any atom is -0.408 e. The molecule has 5 heteroatoms. The number of aromatic nitrogens is 1. The van der Waals surface area contributed by atoms with E-state index >= 15 is 0 Å². The zero-order valence-electron chi connectivity index (χ0n) is 11.3. The van der Waals surface area contributed by atoms with Crippen molar-refractivity contribution in [2.24, 2.45) is 7.05 Å². The Balaban J connectivity index is 1.93. The number of hydrogen-bond donors (Lipinski definition) is 0. The summed E-state index contributed by atoms with van der Waals surface area (Å²) in [5.74, 6) is -1.00. The van der Waals surface area contributed by atoms with Gasteiger partial charge in [-0.1, -0.05) is 12.1 Å². The van der Waals surface area contributed by atoms with E-state index in [9.17, 15) is 14.0 Å². The van der Waals surface area contributed by atoms with Gasteiger partial charge in [-0.25, -0.2) is 9.18 Å². The first-order valence-electron chi connectivity index (χ1n) is 6.42. The van der Waals surface area contributed by atoms with Crippen LogP contribution in [0, 0.1) is 5.82 Å². The summed E-state index contributed by atoms with van der Waals surface area (Å²) >= 11 is 0. The molecule has 1 aromatic heterocycles. The number of benzene rings is 2. The predicted octanol–water partition coefficient (Wildman–Crippen LogP) is 2.70. The second-order valence-electron chi connectivity index (χ2n) is 4.84. The summed E-state index contributed by atoms with van der Waals surface area (Å²) in [4.78, 5) is 23.6. The van der Waals surface area contributed by atoms with Gasteiger partial charge < -0.3 is 4.42 Å². The molecule has 0 fully saturated rings. The zero-order valence-corrected chi connectivity index (χ0v) is 11.3. The van der Waals surface area contributed by atoms with Crippen LogP contribution in [0.15, 0.2) is 51.7 Å². The summed E-state index contributed by atoms with van der Waals surface area (Å²) in [6.07, 6.45) is 0.0976. The van der Waals surface area contributed by atoms with Crippen LogP contribution in [-0.2, 0) is 13.5 Å². The third kappa shape index (κ3) is 2.50. The van der Waals surface area contributed by atoms with Crippen molar-refractivity contribution in [3.63, 3.8) is 0 Å². The van der Waals surface area contributed by atoms with Gasteiger partial charge in [-0.3, -0.25) is 9.36 Å². The Hall–Kier alpha value is -2.69. The van der Waals surface area contributed by atoms with E-state index < -0.39 is 5.76 Å². The Morgan fingerprint density at radius 3 is 2.81 bits per heavy atom. The summed E-state index contributed by atoms with van der Waals surface area (Å²) in [5, 5.41) is 0. The van der Waals surface area contributed by atoms with E-state index in [1.165, 1.54) is 16.7 Å². The van der Waals surface area contributed by atoms with Gasteiger partial charge in [0, 0.05) is 19.0 Å². The summed E-state index contributed by atoms with van der Waals surface area (Å²) in [6, 6.07) is 10.8. The highest BCUT2D eigenvalue weighted by molar-refractivity contribution is 5.99. The molecule has 4 nitrogen and oxygen atoms in total. The van der Waals surface area contributed by atoms with Gasteiger partial charge in [-0.15, -0.1) is 0 Å². The molecule has 0 bridgehead atoms. The van der Waals surface area contributed by atoms with Gasteiger partial charge in [0.25, 0.3) is 0 Å². The Morgan fingerprint density at radius 1 is 1.24 bits per heavy atom. The van der Waals surface area contributed by atoms with Crippen LogP contribution in [0.2, 0.25) is 0 Å². The average molecular weight is 285 g/mol. The van der Waals surface area contributed by atoms with Gasteiger partial charge >= 0.3 is 5.76 Å². The Morgan fingerprint density at radius 2 is 2.05 bits per heavy atom. The molecular weight excluding hydrogens is 273 g/mol. The minimum absolute atomic E-state index is 0.0976. The van der Waals surface area contributed by atoms with Gasteiger partial charge in [-0.2, -0.15) is 0 Å². The summed E-state index contributed by atoms with van der Waals surface area (Å²) in [7, 11) is 1.60. The topological polar surface area (TPSA) is 52.2 Å². The molecule has 106 valence electrons. The molecule has 0 N–H and O–H groups in total. The van der Waals surface area contributed by atoms with E-state index in [2.05, 4.69) is 0 Å². The van der Waals surface area contributed by atoms with Crippen LogP contribution in [0.25, 0.3) is 11.1 Å². The lowest BCUT2D eigenvalue weighted by Crippen LogP contribution is -2.08. The lowest BCUT2D eigenvalue weighted by Gasteiger charge is -2.02. The number of halogens is 1. The van der Waals surface area contributed by atoms with Crippen LogP contribution in [0.1, 0.15) is 15.9 Å². The van der Waals surface area contributed by atoms with Crippen LogP contribution in [0.4, 0.5) is 4.39 Å². The van der Waals surface area contributed by atoms with Gasteiger partial charge in [0.05, 0.1) is 5.52 Å². The maximum atomic E-state index is 13.1. The summed E-state index contributed by atoms with van der Waals surface area (Å²) in [5.41, 5.74) is 2.03. The molecule has 0 spiro atoms. The second kappa shape index (κ2) is 5.01. The second-order valence-corrected chi connectivity index (χ2v) is 4.84. The lowest BCUT2D eigenvalue weighted by atomic mass is 10.0. The molecule has 0 amide bonds. The molecule has 3 rings (SSSR count). The average Bonchev–Trinajstić information content (AvgIpc) is 2.73. The van der Waals surface area contributed by atoms with Crippen molar-refractivity contribution in [2.45, 2.75) is 6.42 Å². The predicted molar refractivity (Wildman–Crippen MR) is 75.9 cm³/mol. The first-order valence-corrected chi connectivity index (χ1v) is 6.42. The van der Waals surface area contributed by atoms with Crippen LogP contribution < -0.4 is 5.76 Å². The number of nitrogens with zero attached hydrogens (tertiary/aromatic N) is 1. The van der Waals surface area contributed by atoms with Gasteiger partial charge in [0.1, 0.15) is 5.82 Å². The highest BCUT2D eigenvalue weighted by Crippen LogP contribution is 2.16. The number of ketones is 1. The Kier molecular flexibility index (Phi) is 3.17. The van der Waals surface area contributed by atoms with E-state index in [4.69, 9.17) is 4.42 Å². The van der Waals surface area contributed by atoms with Crippen LogP contribution in [-0.4, -0.2) is 10.4 Å². The molecule has 2 aromatic carbocycles. The number of oxazole rings is 1. The minimum atomic E-state index is -0.472. The molecule has 0 atom stereocenters. The van der Waals surface area contributed by atoms with E-state index in [-0.39, 0.29) is 18.0 Å². The molecule has 21 heavy (non-hydrogen) atoms. The molecule has 0 unspecified atom stereocenters. The Bertz CT molecular complexity index is 892. The molecule has 1 heterocycles. The molecular formula is C16H12FNO3. The molecule has 0 saturated heterocycles. The van der Waals surface area contributed by atoms with E-state index in [0.29, 0.717) is 22.2 Å². The van der Waals surface area contributed by atoms with Crippen LogP contribution in [0.5, 0.6) is 0 Å². The SMILES string of the molecule is Cn1c(=O)oc2cc(C(=O)Cc3cccc(F)c3)ccc21. The van der Waals surface area contributed by atoms with E-state index in [1.807, 2.05) is 0 Å². The van der Waals surface area contributed by atoms with Crippen molar-refractivity contribution in [3.05, 3.63) is 70.0 Å². The third-order valence-corrected chi connectivity index (χ3v) is 3.37. The molecule has 0 aliphatic carbocycles. The Labute approximate surface area is 119 Å². The first-order chi connectivity index (χ1) is 10.0. The van der Waals surface area contributed by atoms with Crippen LogP contribution >= 0.6 is 0 Å². The highest BCUT2D eigenvalue weighted by atomic mass is 19.1. The van der Waals surface area contributed by atoms with Gasteiger partial charge in [0.15, 0.2) is 11.4 Å². The number of fused-ring (bicyclic) bond motifs is 1. The number of rotatable bonds is 3. The van der Waals surface area contributed by atoms with Crippen molar-refractivity contribution in [3.8, 4) is 0 Å². The smallest absolute Gasteiger partial charge is 0.408 e. The largest absolute Gasteiger partial charge is 0.419 e. The van der Waals surface area contributed by atoms with Crippen molar-refractivity contribution < 1.29 is 13.6 Å². The molecule has 0 saturated carbocycles.